The smallest absolute Gasteiger partial charge is 0.318 e. The molecule has 0 fully saturated rings. The van der Waals surface area contributed by atoms with E-state index in [-0.39, 0.29) is 5.56 Å². The highest BCUT2D eigenvalue weighted by Gasteiger charge is 2.21. The largest absolute Gasteiger partial charge is 0.351 e. The first kappa shape index (κ1) is 19.9. The molecule has 0 radical (unpaired) electrons. The zero-order valence-corrected chi connectivity index (χ0v) is 16.7. The number of nitrogens with zero attached hydrogens (tertiary/aromatic N) is 2. The molecule has 0 aliphatic heterocycles. The van der Waals surface area contributed by atoms with Gasteiger partial charge in [-0.2, -0.15) is 0 Å². The number of primary amides is 1. The van der Waals surface area contributed by atoms with Gasteiger partial charge in [0.15, 0.2) is 5.16 Å². The molecule has 0 bridgehead atoms. The summed E-state index contributed by atoms with van der Waals surface area (Å²) in [5, 5.41) is 2.47. The van der Waals surface area contributed by atoms with Gasteiger partial charge in [-0.25, -0.2) is 9.78 Å². The molecular formula is C19H17ClN4O3S. The van der Waals surface area contributed by atoms with Crippen molar-refractivity contribution < 1.29 is 9.59 Å². The summed E-state index contributed by atoms with van der Waals surface area (Å²) in [4.78, 5) is 40.7. The van der Waals surface area contributed by atoms with Crippen molar-refractivity contribution >= 4 is 46.2 Å². The molecule has 3 aromatic rings. The van der Waals surface area contributed by atoms with E-state index in [0.717, 1.165) is 17.3 Å². The van der Waals surface area contributed by atoms with Gasteiger partial charge >= 0.3 is 6.03 Å². The van der Waals surface area contributed by atoms with Crippen LogP contribution in [-0.4, -0.2) is 26.7 Å². The van der Waals surface area contributed by atoms with E-state index >= 15 is 0 Å². The maximum absolute atomic E-state index is 13.2. The number of fused-ring (bicyclic) bond motifs is 1. The topological polar surface area (TPSA) is 107 Å². The normalized spacial score (nSPS) is 12.0. The predicted octanol–water partition coefficient (Wildman–Crippen LogP) is 3.02. The molecule has 0 saturated carbocycles. The van der Waals surface area contributed by atoms with Crippen LogP contribution in [0.15, 0.2) is 52.4 Å². The fourth-order valence-electron chi connectivity index (χ4n) is 2.57. The van der Waals surface area contributed by atoms with Crippen LogP contribution in [0.25, 0.3) is 16.6 Å². The Morgan fingerprint density at radius 3 is 2.54 bits per heavy atom. The molecule has 28 heavy (non-hydrogen) atoms. The number of carbonyl (C=O) groups is 2. The van der Waals surface area contributed by atoms with Crippen LogP contribution in [0.1, 0.15) is 12.5 Å². The SMILES string of the molecule is Cc1ccc(-n2c(SC(C)C(=O)NC(N)=O)nc3cc(Cl)ccc3c2=O)cc1. The molecule has 0 saturated heterocycles. The summed E-state index contributed by atoms with van der Waals surface area (Å²) in [5.41, 5.74) is 6.81. The van der Waals surface area contributed by atoms with Gasteiger partial charge in [0.05, 0.1) is 21.8 Å². The van der Waals surface area contributed by atoms with E-state index in [9.17, 15) is 14.4 Å². The summed E-state index contributed by atoms with van der Waals surface area (Å²) in [5.74, 6) is -0.576. The minimum absolute atomic E-state index is 0.282. The fourth-order valence-corrected chi connectivity index (χ4v) is 3.67. The van der Waals surface area contributed by atoms with Gasteiger partial charge in [0.2, 0.25) is 5.91 Å². The third-order valence-electron chi connectivity index (χ3n) is 3.99. The van der Waals surface area contributed by atoms with E-state index in [0.29, 0.717) is 26.8 Å². The number of benzene rings is 2. The summed E-state index contributed by atoms with van der Waals surface area (Å²) in [7, 11) is 0. The first-order valence-corrected chi connectivity index (χ1v) is 9.58. The lowest BCUT2D eigenvalue weighted by Gasteiger charge is -2.16. The predicted molar refractivity (Wildman–Crippen MR) is 110 cm³/mol. The number of rotatable bonds is 4. The van der Waals surface area contributed by atoms with Crippen LogP contribution in [0.2, 0.25) is 5.02 Å². The third-order valence-corrected chi connectivity index (χ3v) is 5.28. The summed E-state index contributed by atoms with van der Waals surface area (Å²) < 4.78 is 1.44. The molecule has 1 heterocycles. The summed E-state index contributed by atoms with van der Waals surface area (Å²) in [6, 6.07) is 11.3. The molecule has 1 unspecified atom stereocenters. The van der Waals surface area contributed by atoms with Gasteiger partial charge in [0.1, 0.15) is 0 Å². The van der Waals surface area contributed by atoms with Crippen molar-refractivity contribution in [1.82, 2.24) is 14.9 Å². The molecule has 0 aliphatic rings. The van der Waals surface area contributed by atoms with Gasteiger partial charge in [-0.15, -0.1) is 0 Å². The van der Waals surface area contributed by atoms with Gasteiger partial charge in [-0.1, -0.05) is 41.1 Å². The van der Waals surface area contributed by atoms with Crippen molar-refractivity contribution in [2.45, 2.75) is 24.3 Å². The molecule has 0 spiro atoms. The van der Waals surface area contributed by atoms with E-state index in [2.05, 4.69) is 4.98 Å². The number of hydrogen-bond acceptors (Lipinski definition) is 5. The highest BCUT2D eigenvalue weighted by molar-refractivity contribution is 8.00. The Labute approximate surface area is 169 Å². The second kappa shape index (κ2) is 8.04. The molecule has 1 atom stereocenters. The lowest BCUT2D eigenvalue weighted by molar-refractivity contribution is -0.119. The summed E-state index contributed by atoms with van der Waals surface area (Å²) >= 11 is 7.08. The number of amides is 3. The molecular weight excluding hydrogens is 400 g/mol. The van der Waals surface area contributed by atoms with Crippen molar-refractivity contribution in [2.75, 3.05) is 0 Å². The lowest BCUT2D eigenvalue weighted by Crippen LogP contribution is -2.39. The van der Waals surface area contributed by atoms with Gasteiger partial charge in [-0.3, -0.25) is 19.5 Å². The van der Waals surface area contributed by atoms with Crippen LogP contribution in [0, 0.1) is 6.92 Å². The number of hydrogen-bond donors (Lipinski definition) is 2. The molecule has 3 N–H and O–H groups in total. The summed E-state index contributed by atoms with van der Waals surface area (Å²) in [6.45, 7) is 3.54. The highest BCUT2D eigenvalue weighted by atomic mass is 35.5. The minimum atomic E-state index is -0.938. The Morgan fingerprint density at radius 1 is 1.21 bits per heavy atom. The molecule has 7 nitrogen and oxygen atoms in total. The van der Waals surface area contributed by atoms with Crippen molar-refractivity contribution in [3.05, 3.63) is 63.4 Å². The standard InChI is InChI=1S/C19H17ClN4O3S/c1-10-3-6-13(7-4-10)24-17(26)14-8-5-12(20)9-15(14)22-19(24)28-11(2)16(25)23-18(21)27/h3-9,11H,1-2H3,(H3,21,23,25,27). The van der Waals surface area contributed by atoms with Crippen LogP contribution in [0.5, 0.6) is 0 Å². The number of halogens is 1. The van der Waals surface area contributed by atoms with Crippen molar-refractivity contribution in [2.24, 2.45) is 5.73 Å². The van der Waals surface area contributed by atoms with E-state index < -0.39 is 17.2 Å². The minimum Gasteiger partial charge on any atom is -0.351 e. The average Bonchev–Trinajstić information content (AvgIpc) is 2.62. The summed E-state index contributed by atoms with van der Waals surface area (Å²) in [6.07, 6.45) is 0. The Balaban J connectivity index is 2.16. The number of aromatic nitrogens is 2. The first-order valence-electron chi connectivity index (χ1n) is 8.32. The second-order valence-electron chi connectivity index (χ2n) is 6.15. The molecule has 9 heteroatoms. The number of aryl methyl sites for hydroxylation is 1. The van der Waals surface area contributed by atoms with Crippen LogP contribution < -0.4 is 16.6 Å². The van der Waals surface area contributed by atoms with Gasteiger partial charge in [0, 0.05) is 5.02 Å². The Morgan fingerprint density at radius 2 is 1.89 bits per heavy atom. The number of imide groups is 1. The number of carbonyl (C=O) groups excluding carboxylic acids is 2. The number of thioether (sulfide) groups is 1. The Bertz CT molecular complexity index is 1130. The Hall–Kier alpha value is -2.84. The van der Waals surface area contributed by atoms with Crippen LogP contribution in [0.3, 0.4) is 0 Å². The molecule has 3 rings (SSSR count). The number of nitrogens with one attached hydrogen (secondary N) is 1. The zero-order valence-electron chi connectivity index (χ0n) is 15.1. The van der Waals surface area contributed by atoms with E-state index in [1.54, 1.807) is 37.3 Å². The second-order valence-corrected chi connectivity index (χ2v) is 7.89. The molecule has 0 aliphatic carbocycles. The fraction of sp³-hybridized carbons (Fsp3) is 0.158. The van der Waals surface area contributed by atoms with E-state index in [1.807, 2.05) is 24.4 Å². The molecule has 2 aromatic carbocycles. The van der Waals surface area contributed by atoms with Gasteiger partial charge < -0.3 is 5.73 Å². The van der Waals surface area contributed by atoms with Gasteiger partial charge in [-0.05, 0) is 44.2 Å². The van der Waals surface area contributed by atoms with Crippen molar-refractivity contribution in [1.29, 1.82) is 0 Å². The monoisotopic (exact) mass is 416 g/mol. The van der Waals surface area contributed by atoms with E-state index in [4.69, 9.17) is 17.3 Å². The molecule has 144 valence electrons. The lowest BCUT2D eigenvalue weighted by atomic mass is 10.2. The molecule has 3 amide bonds. The van der Waals surface area contributed by atoms with Crippen LogP contribution in [0.4, 0.5) is 4.79 Å². The Kier molecular flexibility index (Phi) is 5.71. The highest BCUT2D eigenvalue weighted by Crippen LogP contribution is 2.26. The first-order chi connectivity index (χ1) is 13.3. The number of urea groups is 1. The van der Waals surface area contributed by atoms with Crippen LogP contribution >= 0.6 is 23.4 Å². The van der Waals surface area contributed by atoms with Crippen molar-refractivity contribution in [3.63, 3.8) is 0 Å². The van der Waals surface area contributed by atoms with Crippen molar-refractivity contribution in [3.8, 4) is 5.69 Å². The third kappa shape index (κ3) is 4.18. The quantitative estimate of drug-likeness (QED) is 0.502. The maximum Gasteiger partial charge on any atom is 0.318 e. The number of nitrogens with two attached hydrogens (primary N) is 1. The van der Waals surface area contributed by atoms with Crippen LogP contribution in [-0.2, 0) is 4.79 Å². The molecule has 1 aromatic heterocycles. The maximum atomic E-state index is 13.2. The van der Waals surface area contributed by atoms with Gasteiger partial charge in [0.25, 0.3) is 5.56 Å². The zero-order chi connectivity index (χ0) is 20.4. The van der Waals surface area contributed by atoms with E-state index in [1.165, 1.54) is 4.57 Å². The average molecular weight is 417 g/mol.